The molecule has 1 atom stereocenters. The Balaban J connectivity index is 1.58. The lowest BCUT2D eigenvalue weighted by molar-refractivity contribution is -0.122. The summed E-state index contributed by atoms with van der Waals surface area (Å²) in [6.45, 7) is 0.522. The number of hydrogen-bond acceptors (Lipinski definition) is 5. The average molecular weight is 563 g/mol. The maximum absolute atomic E-state index is 13.4. The first kappa shape index (κ1) is 27.8. The van der Waals surface area contributed by atoms with Crippen molar-refractivity contribution in [2.24, 2.45) is 5.73 Å². The lowest BCUT2D eigenvalue weighted by Crippen LogP contribution is -2.33. The van der Waals surface area contributed by atoms with Crippen LogP contribution in [0.25, 0.3) is 0 Å². The van der Waals surface area contributed by atoms with Crippen LogP contribution in [0, 0.1) is 5.41 Å². The van der Waals surface area contributed by atoms with Gasteiger partial charge in [0.25, 0.3) is 0 Å². The summed E-state index contributed by atoms with van der Waals surface area (Å²) in [6.07, 6.45) is 0. The zero-order valence-electron chi connectivity index (χ0n) is 21.2. The van der Waals surface area contributed by atoms with Gasteiger partial charge in [-0.05, 0) is 59.7 Å². The lowest BCUT2D eigenvalue weighted by Gasteiger charge is -2.22. The normalized spacial score (nSPS) is 11.4. The zero-order chi connectivity index (χ0) is 27.8. The van der Waals surface area contributed by atoms with Gasteiger partial charge >= 0.3 is 0 Å². The van der Waals surface area contributed by atoms with Gasteiger partial charge in [-0.25, -0.2) is 0 Å². The fraction of sp³-hybridized carbons (Fsp3) is 0.133. The molecule has 0 aliphatic rings. The van der Waals surface area contributed by atoms with Crippen molar-refractivity contribution in [3.8, 4) is 11.5 Å². The zero-order valence-corrected chi connectivity index (χ0v) is 22.7. The third-order valence-corrected chi connectivity index (χ3v) is 6.74. The number of methoxy groups -OCH3 is 1. The Kier molecular flexibility index (Phi) is 9.31. The highest BCUT2D eigenvalue weighted by Gasteiger charge is 2.23. The second-order valence-corrected chi connectivity index (χ2v) is 9.49. The number of rotatable bonds is 11. The maximum atomic E-state index is 13.4. The van der Waals surface area contributed by atoms with Crippen LogP contribution < -0.4 is 25.8 Å². The van der Waals surface area contributed by atoms with E-state index in [1.807, 2.05) is 30.3 Å². The second-order valence-electron chi connectivity index (χ2n) is 8.67. The largest absolute Gasteiger partial charge is 0.493 e. The molecule has 7 nitrogen and oxygen atoms in total. The van der Waals surface area contributed by atoms with Gasteiger partial charge in [0.05, 0.1) is 7.11 Å². The van der Waals surface area contributed by atoms with Gasteiger partial charge in [0.2, 0.25) is 5.91 Å². The number of amides is 1. The monoisotopic (exact) mass is 562 g/mol. The van der Waals surface area contributed by atoms with Gasteiger partial charge in [-0.1, -0.05) is 65.7 Å². The number of nitrogens with two attached hydrogens (primary N) is 1. The van der Waals surface area contributed by atoms with Crippen molar-refractivity contribution < 1.29 is 14.3 Å². The van der Waals surface area contributed by atoms with Gasteiger partial charge in [-0.3, -0.25) is 10.2 Å². The molecule has 0 aromatic heterocycles. The molecule has 0 bridgehead atoms. The number of anilines is 1. The van der Waals surface area contributed by atoms with Crippen molar-refractivity contribution in [1.82, 2.24) is 5.32 Å². The molecule has 200 valence electrons. The predicted molar refractivity (Wildman–Crippen MR) is 156 cm³/mol. The van der Waals surface area contributed by atoms with E-state index >= 15 is 0 Å². The van der Waals surface area contributed by atoms with Crippen LogP contribution in [0.5, 0.6) is 11.5 Å². The number of benzene rings is 4. The minimum atomic E-state index is -0.752. The van der Waals surface area contributed by atoms with Crippen molar-refractivity contribution in [2.75, 3.05) is 12.4 Å². The number of halogens is 2. The van der Waals surface area contributed by atoms with Crippen LogP contribution in [0.15, 0.2) is 91.0 Å². The third kappa shape index (κ3) is 7.22. The van der Waals surface area contributed by atoms with Gasteiger partial charge in [-0.15, -0.1) is 0 Å². The van der Waals surface area contributed by atoms with E-state index in [1.165, 1.54) is 7.11 Å². The van der Waals surface area contributed by atoms with Gasteiger partial charge in [0.1, 0.15) is 18.5 Å². The van der Waals surface area contributed by atoms with Crippen LogP contribution in [-0.4, -0.2) is 18.9 Å². The Morgan fingerprint density at radius 1 is 0.923 bits per heavy atom. The summed E-state index contributed by atoms with van der Waals surface area (Å²) in [5.74, 6) is 0.668. The van der Waals surface area contributed by atoms with Crippen LogP contribution in [-0.2, 0) is 17.9 Å². The number of hydrogen-bond donors (Lipinski definition) is 4. The SMILES string of the molecule is COc1cc(C(Nc2ccc(C(=N)N)cc2)C(=O)NCc2ccccc2)ccc1OCc1c(Cl)cccc1Cl. The Labute approximate surface area is 237 Å². The van der Waals surface area contributed by atoms with Crippen LogP contribution >= 0.6 is 23.2 Å². The Morgan fingerprint density at radius 3 is 2.26 bits per heavy atom. The Hall–Kier alpha value is -4.20. The van der Waals surface area contributed by atoms with E-state index in [4.69, 9.17) is 43.8 Å². The summed E-state index contributed by atoms with van der Waals surface area (Å²) < 4.78 is 11.6. The van der Waals surface area contributed by atoms with Crippen LogP contribution in [0.2, 0.25) is 10.0 Å². The number of amidine groups is 1. The topological polar surface area (TPSA) is 109 Å². The van der Waals surface area contributed by atoms with Gasteiger partial charge in [-0.2, -0.15) is 0 Å². The van der Waals surface area contributed by atoms with E-state index in [-0.39, 0.29) is 18.3 Å². The van der Waals surface area contributed by atoms with E-state index in [1.54, 1.807) is 60.7 Å². The van der Waals surface area contributed by atoms with E-state index in [0.717, 1.165) is 5.56 Å². The van der Waals surface area contributed by atoms with E-state index in [9.17, 15) is 4.79 Å². The number of nitrogens with one attached hydrogen (secondary N) is 3. The summed E-state index contributed by atoms with van der Waals surface area (Å²) in [5, 5.41) is 14.9. The highest BCUT2D eigenvalue weighted by atomic mass is 35.5. The molecular weight excluding hydrogens is 535 g/mol. The van der Waals surface area contributed by atoms with Crippen LogP contribution in [0.4, 0.5) is 5.69 Å². The predicted octanol–water partition coefficient (Wildman–Crippen LogP) is 6.33. The summed E-state index contributed by atoms with van der Waals surface area (Å²) >= 11 is 12.6. The van der Waals surface area contributed by atoms with Crippen molar-refractivity contribution in [3.63, 3.8) is 0 Å². The minimum Gasteiger partial charge on any atom is -0.493 e. The lowest BCUT2D eigenvalue weighted by atomic mass is 10.0. The number of ether oxygens (including phenoxy) is 2. The highest BCUT2D eigenvalue weighted by Crippen LogP contribution is 2.34. The summed E-state index contributed by atoms with van der Waals surface area (Å²) in [6, 6.07) is 26.5. The van der Waals surface area contributed by atoms with E-state index < -0.39 is 6.04 Å². The van der Waals surface area contributed by atoms with Crippen molar-refractivity contribution >= 4 is 40.6 Å². The van der Waals surface area contributed by atoms with Crippen molar-refractivity contribution in [2.45, 2.75) is 19.2 Å². The van der Waals surface area contributed by atoms with Crippen LogP contribution in [0.3, 0.4) is 0 Å². The molecule has 0 radical (unpaired) electrons. The molecule has 1 amide bonds. The number of carbonyl (C=O) groups is 1. The Morgan fingerprint density at radius 2 is 1.62 bits per heavy atom. The minimum absolute atomic E-state index is 0.0305. The van der Waals surface area contributed by atoms with E-state index in [0.29, 0.717) is 50.5 Å². The molecule has 39 heavy (non-hydrogen) atoms. The first-order valence-corrected chi connectivity index (χ1v) is 12.9. The summed E-state index contributed by atoms with van der Waals surface area (Å²) in [5.41, 5.74) is 9.17. The molecule has 0 aliphatic carbocycles. The first-order valence-electron chi connectivity index (χ1n) is 12.1. The second kappa shape index (κ2) is 13.0. The molecule has 5 N–H and O–H groups in total. The van der Waals surface area contributed by atoms with Crippen LogP contribution in [0.1, 0.15) is 28.3 Å². The Bertz CT molecular complexity index is 1430. The molecule has 0 fully saturated rings. The molecule has 4 rings (SSSR count). The van der Waals surface area contributed by atoms with Gasteiger partial charge in [0, 0.05) is 33.4 Å². The smallest absolute Gasteiger partial charge is 0.247 e. The maximum Gasteiger partial charge on any atom is 0.247 e. The molecule has 4 aromatic carbocycles. The van der Waals surface area contributed by atoms with Gasteiger partial charge in [0.15, 0.2) is 11.5 Å². The summed E-state index contributed by atoms with van der Waals surface area (Å²) in [4.78, 5) is 13.4. The summed E-state index contributed by atoms with van der Waals surface area (Å²) in [7, 11) is 1.53. The molecule has 4 aromatic rings. The molecule has 0 heterocycles. The standard InChI is InChI=1S/C30H28Cl2N4O3/c1-38-27-16-21(12-15-26(27)39-18-23-24(31)8-5-9-25(23)32)28(30(37)35-17-19-6-3-2-4-7-19)36-22-13-10-20(11-14-22)29(33)34/h2-16,28,36H,17-18H2,1H3,(H3,33,34)(H,35,37). The molecule has 9 heteroatoms. The van der Waals surface area contributed by atoms with Gasteiger partial charge < -0.3 is 25.8 Å². The molecular formula is C30H28Cl2N4O3. The first-order chi connectivity index (χ1) is 18.9. The number of nitrogen functional groups attached to an aromatic ring is 1. The molecule has 0 aliphatic heterocycles. The number of carbonyl (C=O) groups excluding carboxylic acids is 1. The molecule has 1 unspecified atom stereocenters. The van der Waals surface area contributed by atoms with E-state index in [2.05, 4.69) is 10.6 Å². The fourth-order valence-electron chi connectivity index (χ4n) is 3.90. The van der Waals surface area contributed by atoms with Crippen molar-refractivity contribution in [3.05, 3.63) is 123 Å². The van der Waals surface area contributed by atoms with Crippen molar-refractivity contribution in [1.29, 1.82) is 5.41 Å². The quantitative estimate of drug-likeness (QED) is 0.126. The fourth-order valence-corrected chi connectivity index (χ4v) is 4.41. The average Bonchev–Trinajstić information content (AvgIpc) is 2.95. The molecule has 0 saturated heterocycles. The third-order valence-electron chi connectivity index (χ3n) is 6.03. The molecule has 0 spiro atoms. The molecule has 0 saturated carbocycles. The highest BCUT2D eigenvalue weighted by molar-refractivity contribution is 6.35.